The Morgan fingerprint density at radius 3 is 2.61 bits per heavy atom. The molecular formula is C22H30N12O8S2. The van der Waals surface area contributed by atoms with Gasteiger partial charge in [-0.25, -0.2) is 23.8 Å². The average molecular weight is 655 g/mol. The fraction of sp³-hybridized carbons (Fsp3) is 0.545. The fourth-order valence-corrected chi connectivity index (χ4v) is 6.04. The number of thiazole rings is 1. The summed E-state index contributed by atoms with van der Waals surface area (Å²) in [5, 5.41) is 31.2. The number of nitrogens with one attached hydrogen (secondary N) is 3. The topological polar surface area (TPSA) is 295 Å². The van der Waals surface area contributed by atoms with Crippen LogP contribution in [0.25, 0.3) is 0 Å². The number of nitrogens with two attached hydrogens (primary N) is 2. The van der Waals surface area contributed by atoms with Crippen molar-refractivity contribution in [1.29, 1.82) is 0 Å². The Bertz CT molecular complexity index is 1590. The highest BCUT2D eigenvalue weighted by Gasteiger charge is 2.56. The average Bonchev–Trinajstić information content (AvgIpc) is 3.43. The van der Waals surface area contributed by atoms with Crippen LogP contribution in [0, 0.1) is 0 Å². The van der Waals surface area contributed by atoms with Crippen molar-refractivity contribution in [3.05, 3.63) is 23.0 Å². The van der Waals surface area contributed by atoms with Crippen LogP contribution < -0.4 is 27.4 Å². The number of amides is 2. The smallest absolute Gasteiger partial charge is 0.362 e. The Kier molecular flexibility index (Phi) is 8.67. The number of carboxylic acids is 1. The van der Waals surface area contributed by atoms with E-state index in [1.807, 2.05) is 0 Å². The Morgan fingerprint density at radius 1 is 1.27 bits per heavy atom. The van der Waals surface area contributed by atoms with Gasteiger partial charge in [0.05, 0.1) is 25.3 Å². The second-order valence-corrected chi connectivity index (χ2v) is 12.5. The summed E-state index contributed by atoms with van der Waals surface area (Å²) in [4.78, 5) is 50.9. The molecule has 20 nitrogen and oxygen atoms in total. The molecule has 2 aromatic heterocycles. The Morgan fingerprint density at radius 2 is 2.00 bits per heavy atom. The van der Waals surface area contributed by atoms with Crippen LogP contribution in [-0.4, -0.2) is 109 Å². The SMILES string of the molecule is NC(=NCc1cn(C[C@@H]2[C@H](NC(=O)/C(=N\OC3(C(=O)O)CC3)c3csc(N)n3)C(=O)N2S(=O)(=O)O)nn1)NC1CCNCC1. The zero-order chi connectivity index (χ0) is 31.6. The van der Waals surface area contributed by atoms with Gasteiger partial charge in [-0.2, -0.15) is 8.42 Å². The van der Waals surface area contributed by atoms with E-state index >= 15 is 0 Å². The van der Waals surface area contributed by atoms with Crippen molar-refractivity contribution < 1.29 is 37.3 Å². The van der Waals surface area contributed by atoms with Gasteiger partial charge in [-0.15, -0.1) is 16.4 Å². The molecule has 4 heterocycles. The molecule has 0 aromatic carbocycles. The number of guanidine groups is 1. The molecule has 0 bridgehead atoms. The summed E-state index contributed by atoms with van der Waals surface area (Å²) in [6.45, 7) is 1.50. The molecule has 3 fully saturated rings. The van der Waals surface area contributed by atoms with Gasteiger partial charge in [0.25, 0.3) is 11.8 Å². The van der Waals surface area contributed by atoms with Crippen molar-refractivity contribution in [2.45, 2.75) is 62.5 Å². The molecule has 2 aromatic rings. The van der Waals surface area contributed by atoms with Gasteiger partial charge in [0, 0.05) is 24.3 Å². The van der Waals surface area contributed by atoms with E-state index < -0.39 is 51.5 Å². The molecule has 0 radical (unpaired) electrons. The number of carbonyl (C=O) groups excluding carboxylic acids is 2. The van der Waals surface area contributed by atoms with Gasteiger partial charge in [-0.3, -0.25) is 14.1 Å². The summed E-state index contributed by atoms with van der Waals surface area (Å²) in [7, 11) is -5.01. The largest absolute Gasteiger partial charge is 0.478 e. The molecule has 2 amide bonds. The van der Waals surface area contributed by atoms with Crippen LogP contribution in [0.15, 0.2) is 21.7 Å². The summed E-state index contributed by atoms with van der Waals surface area (Å²) in [6, 6.07) is -2.58. The van der Waals surface area contributed by atoms with E-state index in [4.69, 9.17) is 16.3 Å². The first-order chi connectivity index (χ1) is 20.9. The minimum absolute atomic E-state index is 0.0588. The van der Waals surface area contributed by atoms with Crippen molar-refractivity contribution in [2.75, 3.05) is 18.8 Å². The highest BCUT2D eigenvalue weighted by atomic mass is 32.2. The molecule has 22 heteroatoms. The molecule has 9 N–H and O–H groups in total. The first-order valence-electron chi connectivity index (χ1n) is 13.3. The molecule has 1 saturated carbocycles. The number of carboxylic acid groups (broad SMARTS) is 1. The number of β-lactam (4-membered cyclic amide) rings is 1. The zero-order valence-corrected chi connectivity index (χ0v) is 24.6. The third kappa shape index (κ3) is 6.87. The lowest BCUT2D eigenvalue weighted by molar-refractivity contribution is -0.153. The standard InChI is InChI=1S/C22H30N12O8S2/c23-20(27-11-1-5-25-6-2-11)26-7-12-8-33(32-30-12)9-14-16(18(36)34(14)44(39,40)41)29-17(35)15(13-10-43-21(24)28-13)31-42-22(3-4-22)19(37)38/h8,10-11,14,16,25H,1-7,9H2,(H2,24,28)(H,29,35)(H,37,38)(H3,23,26,27)(H,39,40,41)/b31-15-/t14-,16+/m1/s1. The van der Waals surface area contributed by atoms with Crippen LogP contribution in [0.2, 0.25) is 0 Å². The summed E-state index contributed by atoms with van der Waals surface area (Å²) in [5.74, 6) is -3.19. The minimum Gasteiger partial charge on any atom is -0.478 e. The monoisotopic (exact) mass is 654 g/mol. The van der Waals surface area contributed by atoms with Crippen LogP contribution in [0.1, 0.15) is 37.1 Å². The lowest BCUT2D eigenvalue weighted by atomic mass is 9.98. The van der Waals surface area contributed by atoms with Gasteiger partial charge in [-0.1, -0.05) is 10.4 Å². The number of aliphatic imine (C=N–C) groups is 1. The number of anilines is 1. The quantitative estimate of drug-likeness (QED) is 0.0395. The number of piperidine rings is 1. The van der Waals surface area contributed by atoms with E-state index in [9.17, 15) is 32.5 Å². The summed E-state index contributed by atoms with van der Waals surface area (Å²) in [6.07, 6.45) is 3.58. The molecule has 238 valence electrons. The first kappa shape index (κ1) is 31.0. The van der Waals surface area contributed by atoms with Crippen LogP contribution in [-0.2, 0) is 42.6 Å². The molecular weight excluding hydrogens is 624 g/mol. The first-order valence-corrected chi connectivity index (χ1v) is 15.6. The number of carbonyl (C=O) groups is 3. The fourth-order valence-electron chi connectivity index (χ4n) is 4.62. The Labute approximate surface area is 253 Å². The summed E-state index contributed by atoms with van der Waals surface area (Å²) >= 11 is 0.972. The third-order valence-electron chi connectivity index (χ3n) is 7.15. The van der Waals surface area contributed by atoms with Crippen LogP contribution in [0.4, 0.5) is 5.13 Å². The van der Waals surface area contributed by atoms with Crippen LogP contribution in [0.5, 0.6) is 0 Å². The Balaban J connectivity index is 1.28. The minimum atomic E-state index is -5.01. The molecule has 0 spiro atoms. The maximum absolute atomic E-state index is 13.3. The molecule has 44 heavy (non-hydrogen) atoms. The van der Waals surface area contributed by atoms with E-state index in [-0.39, 0.29) is 53.1 Å². The van der Waals surface area contributed by atoms with Gasteiger partial charge in [0.1, 0.15) is 17.4 Å². The van der Waals surface area contributed by atoms with E-state index in [1.165, 1.54) is 16.3 Å². The molecule has 2 saturated heterocycles. The van der Waals surface area contributed by atoms with Gasteiger partial charge in [0.15, 0.2) is 16.8 Å². The molecule has 2 atom stereocenters. The number of aliphatic carboxylic acids is 1. The molecule has 1 aliphatic carbocycles. The van der Waals surface area contributed by atoms with E-state index in [2.05, 4.69) is 41.4 Å². The predicted octanol–water partition coefficient (Wildman–Crippen LogP) is -2.99. The van der Waals surface area contributed by atoms with Gasteiger partial charge in [0.2, 0.25) is 5.60 Å². The zero-order valence-electron chi connectivity index (χ0n) is 23.0. The normalized spacial score (nSPS) is 22.3. The number of nitrogen functional groups attached to an aromatic ring is 1. The summed E-state index contributed by atoms with van der Waals surface area (Å²) in [5.41, 5.74) is 9.89. The van der Waals surface area contributed by atoms with E-state index in [1.54, 1.807) is 0 Å². The van der Waals surface area contributed by atoms with Crippen LogP contribution >= 0.6 is 11.3 Å². The number of aromatic nitrogens is 4. The second-order valence-electron chi connectivity index (χ2n) is 10.3. The lowest BCUT2D eigenvalue weighted by Gasteiger charge is -2.43. The van der Waals surface area contributed by atoms with Crippen molar-refractivity contribution in [2.24, 2.45) is 15.9 Å². The van der Waals surface area contributed by atoms with Crippen LogP contribution in [0.3, 0.4) is 0 Å². The number of hydrogen-bond acceptors (Lipinski definition) is 14. The van der Waals surface area contributed by atoms with Crippen molar-refractivity contribution >= 4 is 56.2 Å². The van der Waals surface area contributed by atoms with Gasteiger partial charge >= 0.3 is 16.3 Å². The van der Waals surface area contributed by atoms with Crippen molar-refractivity contribution in [1.82, 2.24) is 40.2 Å². The molecule has 3 aliphatic rings. The highest BCUT2D eigenvalue weighted by Crippen LogP contribution is 2.40. The highest BCUT2D eigenvalue weighted by molar-refractivity contribution is 7.84. The van der Waals surface area contributed by atoms with Gasteiger partial charge in [-0.05, 0) is 25.9 Å². The number of nitrogens with zero attached hydrogens (tertiary/aromatic N) is 7. The second kappa shape index (κ2) is 12.3. The number of oxime groups is 1. The maximum atomic E-state index is 13.3. The molecule has 2 aliphatic heterocycles. The number of hydrogen-bond donors (Lipinski definition) is 7. The Hall–Kier alpha value is -4.41. The predicted molar refractivity (Wildman–Crippen MR) is 152 cm³/mol. The van der Waals surface area contributed by atoms with E-state index in [0.717, 1.165) is 37.3 Å². The summed E-state index contributed by atoms with van der Waals surface area (Å²) < 4.78 is 35.1. The number of rotatable bonds is 12. The van der Waals surface area contributed by atoms with E-state index in [0.29, 0.717) is 5.69 Å². The van der Waals surface area contributed by atoms with Crippen molar-refractivity contribution in [3.63, 3.8) is 0 Å². The molecule has 0 unspecified atom stereocenters. The van der Waals surface area contributed by atoms with Gasteiger partial charge < -0.3 is 37.4 Å². The molecule has 5 rings (SSSR count). The lowest BCUT2D eigenvalue weighted by Crippen LogP contribution is -2.73. The maximum Gasteiger partial charge on any atom is 0.362 e. The third-order valence-corrected chi connectivity index (χ3v) is 8.77. The van der Waals surface area contributed by atoms with Crippen molar-refractivity contribution in [3.8, 4) is 0 Å².